The predicted octanol–water partition coefficient (Wildman–Crippen LogP) is 1.50. The van der Waals surface area contributed by atoms with Crippen LogP contribution in [0, 0.1) is 0 Å². The third kappa shape index (κ3) is 15.5. The molecule has 0 spiro atoms. The summed E-state index contributed by atoms with van der Waals surface area (Å²) >= 11 is 0. The lowest BCUT2D eigenvalue weighted by molar-refractivity contribution is -0.298. The van der Waals surface area contributed by atoms with Gasteiger partial charge in [0.25, 0.3) is 0 Å². The van der Waals surface area contributed by atoms with Crippen LogP contribution in [0.3, 0.4) is 0 Å². The number of unbranched alkanes of at least 4 members (excludes halogenated alkanes) is 8. The third-order valence-corrected chi connectivity index (χ3v) is 7.66. The van der Waals surface area contributed by atoms with Crippen LogP contribution in [0.4, 0.5) is 0 Å². The first kappa shape index (κ1) is 38.8. The van der Waals surface area contributed by atoms with E-state index >= 15 is 0 Å². The van der Waals surface area contributed by atoms with Gasteiger partial charge in [0.2, 0.25) is 5.91 Å². The number of nitrogens with one attached hydrogen (secondary N) is 1. The fraction of sp³-hybridized carbons (Fsp3) is 0.893. The van der Waals surface area contributed by atoms with Crippen molar-refractivity contribution in [1.29, 1.82) is 0 Å². The molecule has 1 aliphatic rings. The van der Waals surface area contributed by atoms with Gasteiger partial charge in [-0.05, 0) is 32.1 Å². The van der Waals surface area contributed by atoms with Crippen molar-refractivity contribution < 1.29 is 57.0 Å². The number of hydrogen-bond acceptors (Lipinski definition) is 11. The predicted molar refractivity (Wildman–Crippen MR) is 155 cm³/mol. The van der Waals surface area contributed by atoms with Crippen LogP contribution in [0.15, 0.2) is 12.2 Å². The van der Waals surface area contributed by atoms with Crippen LogP contribution < -0.4 is 5.32 Å². The van der Waals surface area contributed by atoms with Crippen molar-refractivity contribution in [2.45, 2.75) is 146 Å². The summed E-state index contributed by atoms with van der Waals surface area (Å²) in [4.78, 5) is 12.8. The largest absolute Gasteiger partial charge is 0.397 e. The number of amides is 1. The fourth-order valence-electron chi connectivity index (χ4n) is 4.64. The smallest absolute Gasteiger partial charge is 0.394 e. The normalized spacial score (nSPS) is 25.4. The lowest BCUT2D eigenvalue weighted by Gasteiger charge is -2.41. The number of rotatable bonds is 23. The Hall–Kier alpha value is -1.20. The minimum Gasteiger partial charge on any atom is -0.394 e. The van der Waals surface area contributed by atoms with Gasteiger partial charge in [0.1, 0.15) is 30.5 Å². The quantitative estimate of drug-likeness (QED) is 0.0488. The topological polar surface area (TPSA) is 212 Å². The average molecular weight is 628 g/mol. The Kier molecular flexibility index (Phi) is 19.9. The summed E-state index contributed by atoms with van der Waals surface area (Å²) in [6.07, 6.45) is 3.94. The Bertz CT molecular complexity index is 858. The molecule has 248 valence electrons. The van der Waals surface area contributed by atoms with Gasteiger partial charge in [-0.2, -0.15) is 8.42 Å². The molecule has 1 rings (SSSR count). The highest BCUT2D eigenvalue weighted by molar-refractivity contribution is 7.80. The van der Waals surface area contributed by atoms with Crippen LogP contribution in [0.25, 0.3) is 0 Å². The summed E-state index contributed by atoms with van der Waals surface area (Å²) < 4.78 is 46.8. The molecule has 1 fully saturated rings. The molecule has 1 heterocycles. The second-order valence-corrected chi connectivity index (χ2v) is 11.9. The second kappa shape index (κ2) is 21.5. The van der Waals surface area contributed by atoms with E-state index in [0.717, 1.165) is 51.4 Å². The van der Waals surface area contributed by atoms with Gasteiger partial charge in [-0.3, -0.25) is 9.35 Å². The highest BCUT2D eigenvalue weighted by Crippen LogP contribution is 2.26. The van der Waals surface area contributed by atoms with Crippen molar-refractivity contribution in [1.82, 2.24) is 5.32 Å². The van der Waals surface area contributed by atoms with Gasteiger partial charge in [0.05, 0.1) is 25.4 Å². The van der Waals surface area contributed by atoms with Crippen molar-refractivity contribution in [3.05, 3.63) is 12.2 Å². The van der Waals surface area contributed by atoms with Crippen molar-refractivity contribution >= 4 is 16.3 Å². The third-order valence-electron chi connectivity index (χ3n) is 7.19. The Morgan fingerprint density at radius 3 is 2.17 bits per heavy atom. The van der Waals surface area contributed by atoms with Gasteiger partial charge >= 0.3 is 10.4 Å². The number of carbonyl (C=O) groups excluding carboxylic acids is 1. The maximum absolute atomic E-state index is 12.8. The molecule has 7 N–H and O–H groups in total. The van der Waals surface area contributed by atoms with Gasteiger partial charge in [-0.15, -0.1) is 0 Å². The Morgan fingerprint density at radius 1 is 0.929 bits per heavy atom. The van der Waals surface area contributed by atoms with Crippen LogP contribution in [0.1, 0.15) is 97.3 Å². The summed E-state index contributed by atoms with van der Waals surface area (Å²) in [7, 11) is -5.09. The highest BCUT2D eigenvalue weighted by atomic mass is 32.3. The van der Waals surface area contributed by atoms with Gasteiger partial charge in [-0.25, -0.2) is 4.18 Å². The molecule has 0 aromatic carbocycles. The van der Waals surface area contributed by atoms with E-state index in [1.54, 1.807) is 0 Å². The van der Waals surface area contributed by atoms with Crippen LogP contribution in [-0.4, -0.2) is 107 Å². The second-order valence-electron chi connectivity index (χ2n) is 10.8. The monoisotopic (exact) mass is 627 g/mol. The molecule has 14 heteroatoms. The SMILES string of the molecule is CCCCCC/C=C\CCC(O)C(=O)NC(COC1OC(CO)C(O)C(OS(=O)(=O)O)C1O)C(O)CCCCCCC. The summed E-state index contributed by atoms with van der Waals surface area (Å²) in [5, 5.41) is 54.1. The van der Waals surface area contributed by atoms with E-state index in [-0.39, 0.29) is 6.42 Å². The molecule has 8 unspecified atom stereocenters. The molecule has 0 aromatic rings. The van der Waals surface area contributed by atoms with E-state index in [1.807, 2.05) is 12.2 Å². The summed E-state index contributed by atoms with van der Waals surface area (Å²) in [6, 6.07) is -1.04. The summed E-state index contributed by atoms with van der Waals surface area (Å²) in [5.41, 5.74) is 0. The molecule has 0 aromatic heterocycles. The van der Waals surface area contributed by atoms with Crippen molar-refractivity contribution in [3.63, 3.8) is 0 Å². The molecule has 0 aliphatic carbocycles. The molecule has 13 nitrogen and oxygen atoms in total. The molecule has 1 aliphatic heterocycles. The van der Waals surface area contributed by atoms with E-state index < -0.39 is 78.5 Å². The molecular weight excluding hydrogens is 574 g/mol. The van der Waals surface area contributed by atoms with Crippen LogP contribution in [-0.2, 0) is 28.9 Å². The highest BCUT2D eigenvalue weighted by Gasteiger charge is 2.48. The summed E-state index contributed by atoms with van der Waals surface area (Å²) in [5.74, 6) is -0.716. The minimum absolute atomic E-state index is 0.174. The zero-order valence-electron chi connectivity index (χ0n) is 24.9. The molecule has 0 radical (unpaired) electrons. The van der Waals surface area contributed by atoms with Gasteiger partial charge in [0, 0.05) is 0 Å². The Labute approximate surface area is 250 Å². The first-order valence-electron chi connectivity index (χ1n) is 15.2. The molecular formula is C28H53NO12S. The van der Waals surface area contributed by atoms with Crippen molar-refractivity contribution in [2.24, 2.45) is 0 Å². The first-order chi connectivity index (χ1) is 19.9. The number of hydrogen-bond donors (Lipinski definition) is 7. The van der Waals surface area contributed by atoms with Crippen LogP contribution >= 0.6 is 0 Å². The van der Waals surface area contributed by atoms with E-state index in [2.05, 4.69) is 23.3 Å². The Balaban J connectivity index is 2.82. The lowest BCUT2D eigenvalue weighted by Crippen LogP contribution is -2.61. The van der Waals surface area contributed by atoms with E-state index in [9.17, 15) is 38.7 Å². The first-order valence-corrected chi connectivity index (χ1v) is 16.5. The van der Waals surface area contributed by atoms with Crippen molar-refractivity contribution in [3.8, 4) is 0 Å². The van der Waals surface area contributed by atoms with E-state index in [0.29, 0.717) is 19.3 Å². The number of allylic oxidation sites excluding steroid dienone is 2. The molecule has 8 atom stereocenters. The average Bonchev–Trinajstić information content (AvgIpc) is 2.94. The molecule has 0 bridgehead atoms. The number of ether oxygens (including phenoxy) is 2. The Morgan fingerprint density at radius 2 is 1.55 bits per heavy atom. The molecule has 0 saturated carbocycles. The van der Waals surface area contributed by atoms with Crippen molar-refractivity contribution in [2.75, 3.05) is 13.2 Å². The van der Waals surface area contributed by atoms with Gasteiger partial charge in [0.15, 0.2) is 6.29 Å². The van der Waals surface area contributed by atoms with Gasteiger partial charge in [-0.1, -0.05) is 77.4 Å². The summed E-state index contributed by atoms with van der Waals surface area (Å²) in [6.45, 7) is 3.01. The molecule has 1 saturated heterocycles. The van der Waals surface area contributed by atoms with Crippen LogP contribution in [0.5, 0.6) is 0 Å². The maximum atomic E-state index is 12.8. The van der Waals surface area contributed by atoms with E-state index in [1.165, 1.54) is 6.42 Å². The lowest BCUT2D eigenvalue weighted by atomic mass is 9.99. The number of carbonyl (C=O) groups is 1. The maximum Gasteiger partial charge on any atom is 0.397 e. The zero-order chi connectivity index (χ0) is 31.5. The number of aliphatic hydroxyl groups excluding tert-OH is 5. The van der Waals surface area contributed by atoms with E-state index in [4.69, 9.17) is 14.0 Å². The minimum atomic E-state index is -5.09. The molecule has 42 heavy (non-hydrogen) atoms. The fourth-order valence-corrected chi connectivity index (χ4v) is 5.15. The standard InChI is InChI=1S/C28H53NO12S/c1-3-5-7-9-10-11-13-15-17-22(32)27(35)29-20(21(31)16-14-12-8-6-4-2)19-39-28-25(34)26(41-42(36,37)38)24(33)23(18-30)40-28/h11,13,20-26,28,30-34H,3-10,12,14-19H2,1-2H3,(H,29,35)(H,36,37,38)/b13-11-. The number of aliphatic hydroxyl groups is 5. The van der Waals surface area contributed by atoms with Crippen LogP contribution in [0.2, 0.25) is 0 Å². The zero-order valence-corrected chi connectivity index (χ0v) is 25.7. The van der Waals surface area contributed by atoms with Gasteiger partial charge < -0.3 is 40.3 Å². The molecule has 1 amide bonds.